The third kappa shape index (κ3) is 5.12. The lowest BCUT2D eigenvalue weighted by atomic mass is 9.96. The van der Waals surface area contributed by atoms with Crippen LogP contribution in [0.5, 0.6) is 0 Å². The number of fused-ring (bicyclic) bond motifs is 1. The molecule has 2 N–H and O–H groups in total. The van der Waals surface area contributed by atoms with Crippen molar-refractivity contribution in [2.24, 2.45) is 0 Å². The summed E-state index contributed by atoms with van der Waals surface area (Å²) in [6, 6.07) is 19.3. The maximum Gasteiger partial charge on any atom is 0.336 e. The van der Waals surface area contributed by atoms with Gasteiger partial charge in [0.15, 0.2) is 0 Å². The number of benzene rings is 3. The Bertz CT molecular complexity index is 1540. The molecule has 1 aromatic heterocycles. The Morgan fingerprint density at radius 1 is 1.00 bits per heavy atom. The van der Waals surface area contributed by atoms with E-state index in [9.17, 15) is 23.9 Å². The smallest absolute Gasteiger partial charge is 0.336 e. The zero-order valence-electron chi connectivity index (χ0n) is 19.9. The molecular weight excluding hydrogens is 509 g/mol. The highest BCUT2D eigenvalue weighted by atomic mass is 35.5. The number of carboxylic acids is 1. The lowest BCUT2D eigenvalue weighted by Crippen LogP contribution is -2.46. The molecule has 5 rings (SSSR count). The van der Waals surface area contributed by atoms with Gasteiger partial charge in [-0.2, -0.15) is 0 Å². The third-order valence-corrected chi connectivity index (χ3v) is 6.60. The van der Waals surface area contributed by atoms with Crippen LogP contribution in [0.25, 0.3) is 11.1 Å². The molecule has 0 radical (unpaired) electrons. The molecule has 2 amide bonds. The summed E-state index contributed by atoms with van der Waals surface area (Å²) in [7, 11) is 0. The topological polar surface area (TPSA) is 99.6 Å². The van der Waals surface area contributed by atoms with Gasteiger partial charge in [-0.15, -0.1) is 0 Å². The van der Waals surface area contributed by atoms with E-state index in [1.807, 2.05) is 0 Å². The van der Waals surface area contributed by atoms with E-state index in [0.29, 0.717) is 33.1 Å². The normalized spacial score (nSPS) is 15.0. The number of halogens is 2. The highest BCUT2D eigenvalue weighted by Gasteiger charge is 2.36. The predicted octanol–water partition coefficient (Wildman–Crippen LogP) is 5.45. The maximum atomic E-state index is 13.8. The fraction of sp³-hybridized carbons (Fsp3) is 0.103. The molecule has 190 valence electrons. The average molecular weight is 530 g/mol. The van der Waals surface area contributed by atoms with Gasteiger partial charge in [0.1, 0.15) is 11.9 Å². The molecule has 7 nitrogen and oxygen atoms in total. The van der Waals surface area contributed by atoms with Crippen LogP contribution < -0.4 is 5.32 Å². The summed E-state index contributed by atoms with van der Waals surface area (Å²) in [6.07, 6.45) is 1.78. The number of hydrogen-bond acceptors (Lipinski definition) is 4. The standard InChI is InChI=1S/C29H21ClFN3O4/c30-19-7-11-23-25(14-19)33-27(35)26(15-21-3-1-2-12-32-21)34(28(23)36)16-17-4-10-22(29(37)38)24(13-17)18-5-8-20(31)9-6-18/h1-14,26H,15-16H2,(H,33,35)(H,37,38). The van der Waals surface area contributed by atoms with E-state index >= 15 is 0 Å². The fourth-order valence-electron chi connectivity index (χ4n) is 4.50. The second-order valence-corrected chi connectivity index (χ2v) is 9.28. The molecule has 1 atom stereocenters. The van der Waals surface area contributed by atoms with E-state index < -0.39 is 23.7 Å². The van der Waals surface area contributed by atoms with Crippen molar-refractivity contribution in [1.29, 1.82) is 0 Å². The van der Waals surface area contributed by atoms with Gasteiger partial charge in [-0.25, -0.2) is 9.18 Å². The Morgan fingerprint density at radius 2 is 1.79 bits per heavy atom. The van der Waals surface area contributed by atoms with Gasteiger partial charge in [-0.3, -0.25) is 14.6 Å². The molecule has 0 aliphatic carbocycles. The van der Waals surface area contributed by atoms with Crippen LogP contribution in [0.4, 0.5) is 10.1 Å². The minimum Gasteiger partial charge on any atom is -0.478 e. The van der Waals surface area contributed by atoms with Crippen molar-refractivity contribution >= 4 is 35.1 Å². The molecule has 0 fully saturated rings. The minimum absolute atomic E-state index is 0.0138. The first-order chi connectivity index (χ1) is 18.3. The number of nitrogens with one attached hydrogen (secondary N) is 1. The number of amides is 2. The molecule has 1 aliphatic heterocycles. The van der Waals surface area contributed by atoms with Gasteiger partial charge in [0.05, 0.1) is 16.8 Å². The zero-order chi connectivity index (χ0) is 26.8. The first-order valence-electron chi connectivity index (χ1n) is 11.7. The van der Waals surface area contributed by atoms with Crippen molar-refractivity contribution < 1.29 is 23.9 Å². The van der Waals surface area contributed by atoms with Crippen LogP contribution in [0.3, 0.4) is 0 Å². The first kappa shape index (κ1) is 25.1. The Labute approximate surface area is 222 Å². The van der Waals surface area contributed by atoms with Crippen molar-refractivity contribution in [3.05, 3.63) is 118 Å². The highest BCUT2D eigenvalue weighted by molar-refractivity contribution is 6.31. The van der Waals surface area contributed by atoms with E-state index in [-0.39, 0.29) is 30.0 Å². The van der Waals surface area contributed by atoms with Gasteiger partial charge in [0, 0.05) is 29.9 Å². The van der Waals surface area contributed by atoms with Crippen molar-refractivity contribution in [2.45, 2.75) is 19.0 Å². The van der Waals surface area contributed by atoms with Gasteiger partial charge < -0.3 is 15.3 Å². The monoisotopic (exact) mass is 529 g/mol. The van der Waals surface area contributed by atoms with Gasteiger partial charge >= 0.3 is 5.97 Å². The number of aromatic nitrogens is 1. The quantitative estimate of drug-likeness (QED) is 0.346. The van der Waals surface area contributed by atoms with Crippen LogP contribution in [-0.4, -0.2) is 38.8 Å². The van der Waals surface area contributed by atoms with E-state index in [0.717, 1.165) is 0 Å². The van der Waals surface area contributed by atoms with Gasteiger partial charge in [0.25, 0.3) is 5.91 Å². The maximum absolute atomic E-state index is 13.8. The SMILES string of the molecule is O=C(O)c1ccc(CN2C(=O)c3ccc(Cl)cc3NC(=O)C2Cc2ccccn2)cc1-c1ccc(F)cc1. The molecule has 0 spiro atoms. The van der Waals surface area contributed by atoms with Crippen molar-refractivity contribution in [3.8, 4) is 11.1 Å². The number of aromatic carboxylic acids is 1. The third-order valence-electron chi connectivity index (χ3n) is 6.36. The lowest BCUT2D eigenvalue weighted by molar-refractivity contribution is -0.120. The number of carbonyl (C=O) groups is 3. The number of anilines is 1. The Kier molecular flexibility index (Phi) is 6.89. The van der Waals surface area contributed by atoms with Gasteiger partial charge in [-0.05, 0) is 71.3 Å². The number of carboxylic acid groups (broad SMARTS) is 1. The lowest BCUT2D eigenvalue weighted by Gasteiger charge is -2.29. The van der Waals surface area contributed by atoms with Crippen LogP contribution >= 0.6 is 11.6 Å². The van der Waals surface area contributed by atoms with Gasteiger partial charge in [0.2, 0.25) is 5.91 Å². The molecule has 0 saturated heterocycles. The van der Waals surface area contributed by atoms with Crippen molar-refractivity contribution in [2.75, 3.05) is 5.32 Å². The van der Waals surface area contributed by atoms with Crippen LogP contribution in [0.15, 0.2) is 85.1 Å². The van der Waals surface area contributed by atoms with E-state index in [4.69, 9.17) is 11.6 Å². The summed E-state index contributed by atoms with van der Waals surface area (Å²) < 4.78 is 13.5. The fourth-order valence-corrected chi connectivity index (χ4v) is 4.68. The van der Waals surface area contributed by atoms with E-state index in [2.05, 4.69) is 10.3 Å². The molecule has 38 heavy (non-hydrogen) atoms. The van der Waals surface area contributed by atoms with E-state index in [1.54, 1.807) is 48.7 Å². The molecule has 4 aromatic rings. The van der Waals surface area contributed by atoms with E-state index in [1.165, 1.54) is 41.3 Å². The number of rotatable bonds is 6. The number of hydrogen-bond donors (Lipinski definition) is 2. The molecule has 1 aliphatic rings. The predicted molar refractivity (Wildman–Crippen MR) is 140 cm³/mol. The number of pyridine rings is 1. The molecular formula is C29H21ClFN3O4. The summed E-state index contributed by atoms with van der Waals surface area (Å²) in [5.74, 6) is -2.37. The summed E-state index contributed by atoms with van der Waals surface area (Å²) in [4.78, 5) is 44.9. The Hall–Kier alpha value is -4.56. The summed E-state index contributed by atoms with van der Waals surface area (Å²) >= 11 is 6.13. The zero-order valence-corrected chi connectivity index (χ0v) is 20.7. The summed E-state index contributed by atoms with van der Waals surface area (Å²) in [6.45, 7) is 0.0138. The Morgan fingerprint density at radius 3 is 2.50 bits per heavy atom. The summed E-state index contributed by atoms with van der Waals surface area (Å²) in [5.41, 5.74) is 2.74. The highest BCUT2D eigenvalue weighted by Crippen LogP contribution is 2.31. The first-order valence-corrected chi connectivity index (χ1v) is 12.1. The molecule has 3 aromatic carbocycles. The van der Waals surface area contributed by atoms with Crippen LogP contribution in [0.2, 0.25) is 5.02 Å². The van der Waals surface area contributed by atoms with Gasteiger partial charge in [-0.1, -0.05) is 35.9 Å². The van der Waals surface area contributed by atoms with Crippen LogP contribution in [0.1, 0.15) is 32.0 Å². The van der Waals surface area contributed by atoms with Crippen molar-refractivity contribution in [1.82, 2.24) is 9.88 Å². The minimum atomic E-state index is -1.14. The summed E-state index contributed by atoms with van der Waals surface area (Å²) in [5, 5.41) is 12.9. The van der Waals surface area contributed by atoms with Crippen molar-refractivity contribution in [3.63, 3.8) is 0 Å². The second-order valence-electron chi connectivity index (χ2n) is 8.85. The second kappa shape index (κ2) is 10.4. The van der Waals surface area contributed by atoms with Crippen LogP contribution in [-0.2, 0) is 17.8 Å². The number of carbonyl (C=O) groups excluding carboxylic acids is 2. The average Bonchev–Trinajstić information content (AvgIpc) is 2.99. The molecule has 0 bridgehead atoms. The number of nitrogens with zero attached hydrogens (tertiary/aromatic N) is 2. The molecule has 1 unspecified atom stereocenters. The molecule has 2 heterocycles. The Balaban J connectivity index is 1.58. The largest absolute Gasteiger partial charge is 0.478 e. The van der Waals surface area contributed by atoms with Crippen LogP contribution in [0, 0.1) is 5.82 Å². The molecule has 0 saturated carbocycles. The molecule has 9 heteroatoms.